The molecule has 2 aromatic rings. The minimum atomic E-state index is -0.0358. The quantitative estimate of drug-likeness (QED) is 0.852. The average molecular weight is 363 g/mol. The number of rotatable bonds is 5. The molecule has 0 spiro atoms. The molecule has 0 atom stereocenters. The maximum absolute atomic E-state index is 11.9. The summed E-state index contributed by atoms with van der Waals surface area (Å²) in [4.78, 5) is 11.9. The molecule has 2 aromatic carbocycles. The van der Waals surface area contributed by atoms with E-state index in [0.717, 1.165) is 27.3 Å². The molecule has 0 unspecified atom stereocenters. The number of anilines is 2. The zero-order valence-corrected chi connectivity index (χ0v) is 13.4. The van der Waals surface area contributed by atoms with Crippen molar-refractivity contribution in [2.75, 3.05) is 24.0 Å². The minimum Gasteiger partial charge on any atom is -0.454 e. The van der Waals surface area contributed by atoms with Crippen molar-refractivity contribution in [1.29, 1.82) is 0 Å². The van der Waals surface area contributed by atoms with Crippen molar-refractivity contribution >= 4 is 33.2 Å². The van der Waals surface area contributed by atoms with Gasteiger partial charge >= 0.3 is 0 Å². The lowest BCUT2D eigenvalue weighted by molar-refractivity contribution is -0.115. The Morgan fingerprint density at radius 1 is 1.09 bits per heavy atom. The van der Waals surface area contributed by atoms with Crippen molar-refractivity contribution in [3.63, 3.8) is 0 Å². The molecule has 6 heteroatoms. The minimum absolute atomic E-state index is 0.0358. The monoisotopic (exact) mass is 362 g/mol. The maximum atomic E-state index is 11.9. The number of carbonyl (C=O) groups is 1. The number of ether oxygens (including phenoxy) is 2. The highest BCUT2D eigenvalue weighted by atomic mass is 79.9. The summed E-state index contributed by atoms with van der Waals surface area (Å²) in [5, 5.41) is 6.05. The van der Waals surface area contributed by atoms with Crippen LogP contribution in [0.25, 0.3) is 0 Å². The third kappa shape index (κ3) is 3.71. The van der Waals surface area contributed by atoms with Gasteiger partial charge in [0.25, 0.3) is 0 Å². The molecule has 0 radical (unpaired) electrons. The Morgan fingerprint density at radius 2 is 1.95 bits per heavy atom. The molecule has 22 heavy (non-hydrogen) atoms. The highest BCUT2D eigenvalue weighted by molar-refractivity contribution is 9.10. The van der Waals surface area contributed by atoms with Gasteiger partial charge in [-0.2, -0.15) is 0 Å². The lowest BCUT2D eigenvalue weighted by Gasteiger charge is -2.08. The van der Waals surface area contributed by atoms with E-state index in [1.807, 2.05) is 42.5 Å². The van der Waals surface area contributed by atoms with Crippen molar-refractivity contribution in [2.24, 2.45) is 0 Å². The molecule has 0 aliphatic carbocycles. The van der Waals surface area contributed by atoms with E-state index >= 15 is 0 Å². The second kappa shape index (κ2) is 6.70. The molecule has 1 aliphatic heterocycles. The van der Waals surface area contributed by atoms with Crippen LogP contribution in [0, 0.1) is 0 Å². The van der Waals surface area contributed by atoms with E-state index in [4.69, 9.17) is 9.47 Å². The SMILES string of the molecule is O=C(CCNc1ccc2c(c1)OCO2)Nc1cccc(Br)c1. The molecule has 0 aromatic heterocycles. The topological polar surface area (TPSA) is 59.6 Å². The molecule has 3 rings (SSSR count). The van der Waals surface area contributed by atoms with Gasteiger partial charge in [-0.25, -0.2) is 0 Å². The van der Waals surface area contributed by atoms with Gasteiger partial charge in [-0.05, 0) is 30.3 Å². The number of halogens is 1. The third-order valence-corrected chi connectivity index (χ3v) is 3.66. The Labute approximate surface area is 136 Å². The van der Waals surface area contributed by atoms with Gasteiger partial charge < -0.3 is 20.1 Å². The van der Waals surface area contributed by atoms with Gasteiger partial charge in [0, 0.05) is 34.9 Å². The largest absolute Gasteiger partial charge is 0.454 e. The molecular weight excluding hydrogens is 348 g/mol. The van der Waals surface area contributed by atoms with E-state index in [2.05, 4.69) is 26.6 Å². The number of fused-ring (bicyclic) bond motifs is 1. The first-order valence-corrected chi connectivity index (χ1v) is 7.69. The van der Waals surface area contributed by atoms with Crippen molar-refractivity contribution in [3.05, 3.63) is 46.9 Å². The summed E-state index contributed by atoms with van der Waals surface area (Å²) in [6.45, 7) is 0.799. The Bertz CT molecular complexity index is 691. The summed E-state index contributed by atoms with van der Waals surface area (Å²) in [6.07, 6.45) is 0.376. The molecular formula is C16H15BrN2O3. The van der Waals surface area contributed by atoms with E-state index in [-0.39, 0.29) is 12.7 Å². The molecule has 0 bridgehead atoms. The summed E-state index contributed by atoms with van der Waals surface area (Å²) in [6, 6.07) is 13.1. The second-order valence-electron chi connectivity index (χ2n) is 4.80. The molecule has 1 heterocycles. The van der Waals surface area contributed by atoms with Gasteiger partial charge in [0.2, 0.25) is 12.7 Å². The molecule has 0 saturated carbocycles. The van der Waals surface area contributed by atoms with Crippen molar-refractivity contribution in [1.82, 2.24) is 0 Å². The van der Waals surface area contributed by atoms with Crippen molar-refractivity contribution < 1.29 is 14.3 Å². The lowest BCUT2D eigenvalue weighted by Crippen LogP contribution is -2.16. The maximum Gasteiger partial charge on any atom is 0.231 e. The van der Waals surface area contributed by atoms with E-state index in [1.54, 1.807) is 0 Å². The van der Waals surface area contributed by atoms with Gasteiger partial charge in [0.05, 0.1) is 0 Å². The Hall–Kier alpha value is -2.21. The van der Waals surface area contributed by atoms with Crippen LogP contribution in [0.1, 0.15) is 6.42 Å². The fourth-order valence-corrected chi connectivity index (χ4v) is 2.52. The summed E-state index contributed by atoms with van der Waals surface area (Å²) >= 11 is 3.37. The molecule has 114 valence electrons. The summed E-state index contributed by atoms with van der Waals surface area (Å²) < 4.78 is 11.5. The number of nitrogens with one attached hydrogen (secondary N) is 2. The number of benzene rings is 2. The molecule has 1 aliphatic rings. The zero-order valence-electron chi connectivity index (χ0n) is 11.8. The van der Waals surface area contributed by atoms with E-state index in [9.17, 15) is 4.79 Å². The molecule has 2 N–H and O–H groups in total. The Morgan fingerprint density at radius 3 is 2.82 bits per heavy atom. The van der Waals surface area contributed by atoms with Crippen LogP contribution in [0.5, 0.6) is 11.5 Å². The van der Waals surface area contributed by atoms with E-state index < -0.39 is 0 Å². The van der Waals surface area contributed by atoms with Crippen LogP contribution < -0.4 is 20.1 Å². The zero-order chi connectivity index (χ0) is 15.4. The second-order valence-corrected chi connectivity index (χ2v) is 5.72. The van der Waals surface area contributed by atoms with Gasteiger partial charge in [0.15, 0.2) is 11.5 Å². The molecule has 0 saturated heterocycles. The van der Waals surface area contributed by atoms with Gasteiger partial charge in [0.1, 0.15) is 0 Å². The predicted molar refractivity (Wildman–Crippen MR) is 88.4 cm³/mol. The van der Waals surface area contributed by atoms with Crippen LogP contribution in [-0.4, -0.2) is 19.2 Å². The van der Waals surface area contributed by atoms with Crippen LogP contribution in [0.4, 0.5) is 11.4 Å². The number of amides is 1. The fraction of sp³-hybridized carbons (Fsp3) is 0.188. The van der Waals surface area contributed by atoms with Crippen molar-refractivity contribution in [2.45, 2.75) is 6.42 Å². The van der Waals surface area contributed by atoms with Gasteiger partial charge in [-0.3, -0.25) is 4.79 Å². The first-order valence-electron chi connectivity index (χ1n) is 6.90. The van der Waals surface area contributed by atoms with Gasteiger partial charge in [-0.15, -0.1) is 0 Å². The molecule has 1 amide bonds. The first kappa shape index (κ1) is 14.7. The predicted octanol–water partition coefficient (Wildman–Crippen LogP) is 3.62. The molecule has 5 nitrogen and oxygen atoms in total. The van der Waals surface area contributed by atoms with Crippen molar-refractivity contribution in [3.8, 4) is 11.5 Å². The highest BCUT2D eigenvalue weighted by Gasteiger charge is 2.13. The number of hydrogen-bond acceptors (Lipinski definition) is 4. The van der Waals surface area contributed by atoms with Crippen LogP contribution in [0.3, 0.4) is 0 Å². The standard InChI is InChI=1S/C16H15BrN2O3/c17-11-2-1-3-13(8-11)19-16(20)6-7-18-12-4-5-14-15(9-12)22-10-21-14/h1-5,8-9,18H,6-7,10H2,(H,19,20). The Kier molecular flexibility index (Phi) is 4.48. The summed E-state index contributed by atoms with van der Waals surface area (Å²) in [7, 11) is 0. The van der Waals surface area contributed by atoms with E-state index in [0.29, 0.717) is 13.0 Å². The molecule has 0 fully saturated rings. The van der Waals surface area contributed by atoms with Crippen LogP contribution in [0.15, 0.2) is 46.9 Å². The van der Waals surface area contributed by atoms with Gasteiger partial charge in [-0.1, -0.05) is 22.0 Å². The van der Waals surface area contributed by atoms with Crippen LogP contribution >= 0.6 is 15.9 Å². The normalized spacial score (nSPS) is 12.0. The van der Waals surface area contributed by atoms with Crippen LogP contribution in [-0.2, 0) is 4.79 Å². The summed E-state index contributed by atoms with van der Waals surface area (Å²) in [5.41, 5.74) is 1.68. The summed E-state index contributed by atoms with van der Waals surface area (Å²) in [5.74, 6) is 1.44. The van der Waals surface area contributed by atoms with Crippen LogP contribution in [0.2, 0.25) is 0 Å². The first-order chi connectivity index (χ1) is 10.7. The smallest absolute Gasteiger partial charge is 0.231 e. The average Bonchev–Trinajstić information content (AvgIpc) is 2.95. The Balaban J connectivity index is 1.47. The highest BCUT2D eigenvalue weighted by Crippen LogP contribution is 2.34. The third-order valence-electron chi connectivity index (χ3n) is 3.16. The van der Waals surface area contributed by atoms with E-state index in [1.165, 1.54) is 0 Å². The lowest BCUT2D eigenvalue weighted by atomic mass is 10.2. The number of hydrogen-bond donors (Lipinski definition) is 2. The fourth-order valence-electron chi connectivity index (χ4n) is 2.12. The number of carbonyl (C=O) groups excluding carboxylic acids is 1.